The largest absolute Gasteiger partial charge is 0.448 e. The molecule has 15 heteroatoms. The lowest BCUT2D eigenvalue weighted by Gasteiger charge is -2.49. The Hall–Kier alpha value is -7.56. The molecule has 0 bridgehead atoms. The molecule has 1 unspecified atom stereocenters. The van der Waals surface area contributed by atoms with E-state index in [0.29, 0.717) is 21.8 Å². The molecule has 2 N–H and O–H groups in total. The molecule has 0 spiro atoms. The van der Waals surface area contributed by atoms with Crippen molar-refractivity contribution in [1.29, 1.82) is 0 Å². The zero-order valence-corrected chi connectivity index (χ0v) is 43.6. The van der Waals surface area contributed by atoms with Crippen LogP contribution in [-0.2, 0) is 29.5 Å². The van der Waals surface area contributed by atoms with Gasteiger partial charge in [-0.3, -0.25) is 19.3 Å². The highest BCUT2D eigenvalue weighted by Gasteiger charge is 2.55. The number of carbonyl (C=O) groups is 3. The van der Waals surface area contributed by atoms with Crippen LogP contribution in [0.3, 0.4) is 0 Å². The van der Waals surface area contributed by atoms with Crippen molar-refractivity contribution in [2.75, 3.05) is 11.1 Å². The number of nitrogens with one attached hydrogen (secondary N) is 2. The van der Waals surface area contributed by atoms with E-state index in [9.17, 15) is 19.2 Å². The highest BCUT2D eigenvalue weighted by Crippen LogP contribution is 2.44. The number of hydrogen-bond acceptors (Lipinski definition) is 13. The molecule has 1 saturated heterocycles. The number of thiazole rings is 1. The summed E-state index contributed by atoms with van der Waals surface area (Å²) in [4.78, 5) is 69.8. The molecule has 374 valence electrons. The van der Waals surface area contributed by atoms with Gasteiger partial charge in [0, 0.05) is 27.3 Å². The first-order valence-electron chi connectivity index (χ1n) is 24.6. The Morgan fingerprint density at radius 1 is 0.760 bits per heavy atom. The highest BCUT2D eigenvalue weighted by atomic mass is 32.2. The first-order valence-corrected chi connectivity index (χ1v) is 28.3. The summed E-state index contributed by atoms with van der Waals surface area (Å²) in [6.45, 7) is 0. The minimum absolute atomic E-state index is 0.0663. The Morgan fingerprint density at radius 2 is 1.33 bits per heavy atom. The number of anilines is 1. The monoisotopic (exact) mass is 1060 g/mol. The fourth-order valence-corrected chi connectivity index (χ4v) is 13.8. The predicted octanol–water partition coefficient (Wildman–Crippen LogP) is 12.1. The van der Waals surface area contributed by atoms with Crippen LogP contribution in [0.1, 0.15) is 65.3 Å². The quantitative estimate of drug-likeness (QED) is 0.0226. The van der Waals surface area contributed by atoms with Gasteiger partial charge in [0.2, 0.25) is 0 Å². The van der Waals surface area contributed by atoms with Gasteiger partial charge in [0.1, 0.15) is 34.4 Å². The van der Waals surface area contributed by atoms with Gasteiger partial charge in [-0.2, -0.15) is 0 Å². The van der Waals surface area contributed by atoms with Crippen LogP contribution in [0.2, 0.25) is 0 Å². The van der Waals surface area contributed by atoms with E-state index in [1.807, 2.05) is 145 Å². The molecule has 2 atom stereocenters. The van der Waals surface area contributed by atoms with Crippen LogP contribution in [0.25, 0.3) is 10.1 Å². The zero-order chi connectivity index (χ0) is 51.1. The van der Waals surface area contributed by atoms with Crippen molar-refractivity contribution in [2.45, 2.75) is 59.1 Å². The maximum absolute atomic E-state index is 14.8. The number of fused-ring (bicyclic) bond motifs is 2. The summed E-state index contributed by atoms with van der Waals surface area (Å²) in [5.74, 6) is -1.49. The van der Waals surface area contributed by atoms with E-state index >= 15 is 0 Å². The van der Waals surface area contributed by atoms with Gasteiger partial charge in [0.05, 0.1) is 4.21 Å². The summed E-state index contributed by atoms with van der Waals surface area (Å²) in [7, 11) is 0. The van der Waals surface area contributed by atoms with Crippen LogP contribution in [0, 0.1) is 0 Å². The molecule has 8 aromatic rings. The number of β-lactam (4-membered cyclic amide) rings is 1. The number of aromatic nitrogens is 1. The first-order chi connectivity index (χ1) is 36.8. The van der Waals surface area contributed by atoms with Crippen molar-refractivity contribution in [2.24, 2.45) is 5.16 Å². The average molecular weight is 1060 g/mol. The summed E-state index contributed by atoms with van der Waals surface area (Å²) in [5, 5.41) is 15.4. The van der Waals surface area contributed by atoms with Crippen molar-refractivity contribution < 1.29 is 24.0 Å². The molecule has 1 saturated carbocycles. The number of esters is 1. The molecule has 6 aromatic carbocycles. The second-order valence-corrected chi connectivity index (χ2v) is 22.4. The van der Waals surface area contributed by atoms with Crippen molar-refractivity contribution in [3.63, 3.8) is 0 Å². The molecule has 3 aliphatic rings. The SMILES string of the molecule is O=C(NC1C(=O)N2C(C(=O)OC(c3ccccc3)c3ccccc3)=C(C=CSc3cc(=O)c4ccccc4s3)CS[C@H]12)C(=NOC1CCCC1)c1csc(NC(c2ccccc2)(c2ccccc2)c2ccccc2)n1. The Morgan fingerprint density at radius 3 is 1.95 bits per heavy atom. The van der Waals surface area contributed by atoms with E-state index in [1.165, 1.54) is 51.1 Å². The summed E-state index contributed by atoms with van der Waals surface area (Å²) < 4.78 is 8.07. The number of carbonyl (C=O) groups excluding carboxylic acids is 3. The van der Waals surface area contributed by atoms with E-state index in [1.54, 1.807) is 17.5 Å². The second-order valence-electron chi connectivity index (χ2n) is 18.2. The Kier molecular flexibility index (Phi) is 14.9. The molecule has 11 rings (SSSR count). The third-order valence-electron chi connectivity index (χ3n) is 13.4. The Labute approximate surface area is 450 Å². The summed E-state index contributed by atoms with van der Waals surface area (Å²) >= 11 is 5.61. The molecule has 0 radical (unpaired) electrons. The number of allylic oxidation sites excluding steroid dienone is 1. The van der Waals surface area contributed by atoms with Crippen LogP contribution in [0.4, 0.5) is 5.13 Å². The van der Waals surface area contributed by atoms with Crippen LogP contribution in [0.5, 0.6) is 0 Å². The molecule has 4 heterocycles. The minimum atomic E-state index is -1.02. The van der Waals surface area contributed by atoms with Crippen molar-refractivity contribution in [1.82, 2.24) is 15.2 Å². The van der Waals surface area contributed by atoms with Gasteiger partial charge in [0.15, 0.2) is 22.4 Å². The van der Waals surface area contributed by atoms with Gasteiger partial charge in [-0.05, 0) is 82.7 Å². The summed E-state index contributed by atoms with van der Waals surface area (Å²) in [5.41, 5.74) is 4.39. The average Bonchev–Trinajstić information content (AvgIpc) is 4.18. The lowest BCUT2D eigenvalue weighted by atomic mass is 9.77. The standard InChI is InChI=1S/C60H49N5O6S4/c66-48-36-50(75-49-33-19-18-32-46(48)49)72-35-34-41-37-73-57-52(56(68)65(57)53(41)58(69)70-54(39-20-6-1-7-21-39)40-22-8-2-9-23-40)62-55(67)51(64-71-45-30-16-17-31-45)47-38-74-59(61-47)63-60(42-24-10-3-11-25-42,43-26-12-4-13-27-43)44-28-14-5-15-29-44/h1-15,18-29,32-36,38,45,52,54,57H,16-17,30-31,37H2,(H,61,63)(H,62,67)/t52?,57-/m1/s1. The Balaban J connectivity index is 0.897. The van der Waals surface area contributed by atoms with Gasteiger partial charge >= 0.3 is 5.97 Å². The van der Waals surface area contributed by atoms with Gasteiger partial charge in [-0.25, -0.2) is 9.78 Å². The van der Waals surface area contributed by atoms with E-state index < -0.39 is 40.8 Å². The van der Waals surface area contributed by atoms with Crippen LogP contribution in [0.15, 0.2) is 224 Å². The number of rotatable bonds is 17. The Bertz CT molecular complexity index is 3360. The third-order valence-corrected chi connectivity index (χ3v) is 17.6. The number of hydrogen-bond donors (Lipinski definition) is 2. The van der Waals surface area contributed by atoms with E-state index in [-0.39, 0.29) is 28.6 Å². The van der Waals surface area contributed by atoms with Crippen LogP contribution in [-0.4, -0.2) is 56.7 Å². The molecular weight excluding hydrogens is 1010 g/mol. The van der Waals surface area contributed by atoms with Crippen LogP contribution >= 0.6 is 46.2 Å². The summed E-state index contributed by atoms with van der Waals surface area (Å²) in [6, 6.07) is 57.5. The molecule has 1 aliphatic carbocycles. The van der Waals surface area contributed by atoms with Gasteiger partial charge in [0.25, 0.3) is 11.8 Å². The number of nitrogens with zero attached hydrogens (tertiary/aromatic N) is 3. The molecule has 11 nitrogen and oxygen atoms in total. The zero-order valence-electron chi connectivity index (χ0n) is 40.3. The van der Waals surface area contributed by atoms with E-state index in [2.05, 4.69) is 52.2 Å². The van der Waals surface area contributed by atoms with Crippen molar-refractivity contribution in [3.8, 4) is 0 Å². The molecule has 2 amide bonds. The number of ether oxygens (including phenoxy) is 1. The van der Waals surface area contributed by atoms with Gasteiger partial charge in [-0.15, -0.1) is 34.4 Å². The minimum Gasteiger partial charge on any atom is -0.448 e. The van der Waals surface area contributed by atoms with Gasteiger partial charge < -0.3 is 20.2 Å². The topological polar surface area (TPSA) is 139 Å². The molecule has 2 aliphatic heterocycles. The number of oxime groups is 1. The smallest absolute Gasteiger partial charge is 0.356 e. The number of benzene rings is 6. The number of thioether (sulfide) groups is 2. The summed E-state index contributed by atoms with van der Waals surface area (Å²) in [6.07, 6.45) is 4.47. The predicted molar refractivity (Wildman–Crippen MR) is 301 cm³/mol. The fourth-order valence-electron chi connectivity index (χ4n) is 9.75. The lowest BCUT2D eigenvalue weighted by molar-refractivity contribution is -0.154. The maximum atomic E-state index is 14.8. The van der Waals surface area contributed by atoms with Crippen molar-refractivity contribution in [3.05, 3.63) is 254 Å². The fraction of sp³-hybridized carbons (Fsp3) is 0.167. The molecule has 2 aromatic heterocycles. The van der Waals surface area contributed by atoms with E-state index in [4.69, 9.17) is 14.6 Å². The third kappa shape index (κ3) is 10.5. The number of amides is 2. The van der Waals surface area contributed by atoms with Gasteiger partial charge in [-0.1, -0.05) is 181 Å². The lowest BCUT2D eigenvalue weighted by Crippen LogP contribution is -2.71. The molecule has 75 heavy (non-hydrogen) atoms. The normalized spacial score (nSPS) is 17.0. The first kappa shape index (κ1) is 49.6. The maximum Gasteiger partial charge on any atom is 0.356 e. The second kappa shape index (κ2) is 22.5. The molecule has 2 fully saturated rings. The molecular formula is C60H49N5O6S4. The highest BCUT2D eigenvalue weighted by molar-refractivity contribution is 8.04. The van der Waals surface area contributed by atoms with E-state index in [0.717, 1.165) is 62.4 Å². The van der Waals surface area contributed by atoms with Crippen molar-refractivity contribution >= 4 is 84.9 Å². The van der Waals surface area contributed by atoms with Crippen LogP contribution < -0.4 is 16.1 Å².